The summed E-state index contributed by atoms with van der Waals surface area (Å²) in [6.45, 7) is 1.09. The summed E-state index contributed by atoms with van der Waals surface area (Å²) < 4.78 is 37.0. The number of nitro groups is 1. The number of fused-ring (bicyclic) bond motifs is 1. The second-order valence-electron chi connectivity index (χ2n) is 6.38. The molecule has 2 aromatic carbocycles. The maximum absolute atomic E-state index is 12.5. The van der Waals surface area contributed by atoms with Crippen molar-refractivity contribution < 1.29 is 22.8 Å². The van der Waals surface area contributed by atoms with Crippen LogP contribution in [0.15, 0.2) is 46.3 Å². The molecular formula is C18H17N3O6S. The summed E-state index contributed by atoms with van der Waals surface area (Å²) in [5, 5.41) is 11.3. The number of hydrogen-bond donors (Lipinski definition) is 0. The summed E-state index contributed by atoms with van der Waals surface area (Å²) >= 11 is 0. The number of ether oxygens (including phenoxy) is 2. The van der Waals surface area contributed by atoms with Gasteiger partial charge in [0, 0.05) is 19.3 Å². The molecule has 2 aliphatic heterocycles. The zero-order chi connectivity index (χ0) is 19.7. The Labute approximate surface area is 161 Å². The first kappa shape index (κ1) is 18.4. The van der Waals surface area contributed by atoms with Gasteiger partial charge in [0.25, 0.3) is 5.69 Å². The summed E-state index contributed by atoms with van der Waals surface area (Å²) in [5.41, 5.74) is 0.594. The first-order valence-corrected chi connectivity index (χ1v) is 10.1. The molecule has 2 aromatic rings. The van der Waals surface area contributed by atoms with E-state index < -0.39 is 14.9 Å². The maximum Gasteiger partial charge on any atom is 0.282 e. The van der Waals surface area contributed by atoms with E-state index in [0.717, 1.165) is 12.8 Å². The fraction of sp³-hybridized carbons (Fsp3) is 0.278. The SMILES string of the molecule is O=[N+]([O-])c1cc2c(cc1C=Nc1ccc(S(=O)(=O)N3CCCC3)cc1)OCO2. The predicted molar refractivity (Wildman–Crippen MR) is 101 cm³/mol. The van der Waals surface area contributed by atoms with Gasteiger partial charge in [0.1, 0.15) is 0 Å². The minimum absolute atomic E-state index is 0.0139. The van der Waals surface area contributed by atoms with Gasteiger partial charge in [-0.2, -0.15) is 4.31 Å². The molecule has 10 heteroatoms. The largest absolute Gasteiger partial charge is 0.454 e. The van der Waals surface area contributed by atoms with Crippen LogP contribution < -0.4 is 9.47 Å². The van der Waals surface area contributed by atoms with Gasteiger partial charge in [-0.3, -0.25) is 15.1 Å². The lowest BCUT2D eigenvalue weighted by Crippen LogP contribution is -2.27. The van der Waals surface area contributed by atoms with Gasteiger partial charge in [-0.1, -0.05) is 0 Å². The van der Waals surface area contributed by atoms with Crippen molar-refractivity contribution in [3.05, 3.63) is 52.1 Å². The number of nitro benzene ring substituents is 1. The maximum atomic E-state index is 12.5. The second kappa shape index (κ2) is 7.21. The molecule has 2 aliphatic rings. The third-order valence-corrected chi connectivity index (χ3v) is 6.52. The van der Waals surface area contributed by atoms with Crippen molar-refractivity contribution in [2.24, 2.45) is 4.99 Å². The summed E-state index contributed by atoms with van der Waals surface area (Å²) in [6.07, 6.45) is 3.09. The third-order valence-electron chi connectivity index (χ3n) is 4.61. The summed E-state index contributed by atoms with van der Waals surface area (Å²) in [6, 6.07) is 8.92. The van der Waals surface area contributed by atoms with E-state index in [1.807, 2.05) is 0 Å². The smallest absolute Gasteiger partial charge is 0.282 e. The molecule has 0 aliphatic carbocycles. The number of benzene rings is 2. The Kier molecular flexibility index (Phi) is 4.73. The standard InChI is InChI=1S/C18H17N3O6S/c22-21(23)16-10-18-17(26-12-27-18)9-13(16)11-19-14-3-5-15(6-4-14)28(24,25)20-7-1-2-8-20/h3-6,9-11H,1-2,7-8,12H2. The van der Waals surface area contributed by atoms with Crippen molar-refractivity contribution in [1.82, 2.24) is 4.31 Å². The molecule has 0 saturated carbocycles. The molecule has 0 radical (unpaired) electrons. The van der Waals surface area contributed by atoms with E-state index in [1.165, 1.54) is 34.8 Å². The number of rotatable bonds is 5. The fourth-order valence-corrected chi connectivity index (χ4v) is 4.65. The molecule has 0 N–H and O–H groups in total. The van der Waals surface area contributed by atoms with E-state index in [1.54, 1.807) is 12.1 Å². The van der Waals surface area contributed by atoms with Crippen molar-refractivity contribution in [3.63, 3.8) is 0 Å². The van der Waals surface area contributed by atoms with Crippen molar-refractivity contribution in [2.45, 2.75) is 17.7 Å². The van der Waals surface area contributed by atoms with E-state index in [-0.39, 0.29) is 22.9 Å². The van der Waals surface area contributed by atoms with Gasteiger partial charge in [-0.05, 0) is 43.2 Å². The van der Waals surface area contributed by atoms with Crippen molar-refractivity contribution in [1.29, 1.82) is 0 Å². The molecule has 0 atom stereocenters. The van der Waals surface area contributed by atoms with Gasteiger partial charge in [0.15, 0.2) is 11.5 Å². The summed E-state index contributed by atoms with van der Waals surface area (Å²) in [7, 11) is -3.49. The van der Waals surface area contributed by atoms with Crippen molar-refractivity contribution in [2.75, 3.05) is 19.9 Å². The molecule has 0 amide bonds. The van der Waals surface area contributed by atoms with Crippen LogP contribution in [0.25, 0.3) is 0 Å². The molecule has 9 nitrogen and oxygen atoms in total. The highest BCUT2D eigenvalue weighted by atomic mass is 32.2. The minimum Gasteiger partial charge on any atom is -0.454 e. The van der Waals surface area contributed by atoms with Crippen LogP contribution in [-0.4, -0.2) is 43.7 Å². The number of nitrogens with zero attached hydrogens (tertiary/aromatic N) is 3. The van der Waals surface area contributed by atoms with Gasteiger partial charge >= 0.3 is 0 Å². The monoisotopic (exact) mass is 403 g/mol. The van der Waals surface area contributed by atoms with Gasteiger partial charge < -0.3 is 9.47 Å². The lowest BCUT2D eigenvalue weighted by molar-refractivity contribution is -0.385. The molecule has 1 fully saturated rings. The first-order valence-electron chi connectivity index (χ1n) is 8.67. The quantitative estimate of drug-likeness (QED) is 0.431. The highest BCUT2D eigenvalue weighted by molar-refractivity contribution is 7.89. The van der Waals surface area contributed by atoms with Gasteiger partial charge in [0.2, 0.25) is 16.8 Å². The first-order chi connectivity index (χ1) is 13.4. The molecule has 146 valence electrons. The Balaban J connectivity index is 1.58. The Hall–Kier alpha value is -2.98. The van der Waals surface area contributed by atoms with Crippen LogP contribution in [0.4, 0.5) is 11.4 Å². The molecule has 28 heavy (non-hydrogen) atoms. The summed E-state index contributed by atoms with van der Waals surface area (Å²) in [5.74, 6) is 0.736. The zero-order valence-corrected chi connectivity index (χ0v) is 15.6. The van der Waals surface area contributed by atoms with Gasteiger partial charge in [-0.15, -0.1) is 0 Å². The van der Waals surface area contributed by atoms with Crippen LogP contribution >= 0.6 is 0 Å². The molecule has 2 heterocycles. The lowest BCUT2D eigenvalue weighted by Gasteiger charge is -2.15. The van der Waals surface area contributed by atoms with E-state index in [0.29, 0.717) is 30.3 Å². The third kappa shape index (κ3) is 3.43. The van der Waals surface area contributed by atoms with Gasteiger partial charge in [-0.25, -0.2) is 8.42 Å². The molecule has 1 saturated heterocycles. The highest BCUT2D eigenvalue weighted by Crippen LogP contribution is 2.37. The van der Waals surface area contributed by atoms with Crippen LogP contribution in [0, 0.1) is 10.1 Å². The Bertz CT molecular complexity index is 1040. The lowest BCUT2D eigenvalue weighted by atomic mass is 10.1. The molecule has 0 unspecified atom stereocenters. The Morgan fingerprint density at radius 2 is 1.71 bits per heavy atom. The van der Waals surface area contributed by atoms with Crippen LogP contribution in [0.2, 0.25) is 0 Å². The van der Waals surface area contributed by atoms with Crippen LogP contribution in [0.5, 0.6) is 11.5 Å². The second-order valence-corrected chi connectivity index (χ2v) is 8.32. The zero-order valence-electron chi connectivity index (χ0n) is 14.8. The minimum atomic E-state index is -3.49. The number of sulfonamides is 1. The molecule has 0 aromatic heterocycles. The van der Waals surface area contributed by atoms with Crippen molar-refractivity contribution in [3.8, 4) is 11.5 Å². The van der Waals surface area contributed by atoms with Crippen LogP contribution in [0.1, 0.15) is 18.4 Å². The van der Waals surface area contributed by atoms with E-state index >= 15 is 0 Å². The fourth-order valence-electron chi connectivity index (χ4n) is 3.13. The average Bonchev–Trinajstić information content (AvgIpc) is 3.37. The average molecular weight is 403 g/mol. The van der Waals surface area contributed by atoms with E-state index in [2.05, 4.69) is 4.99 Å². The molecule has 0 bridgehead atoms. The normalized spacial score (nSPS) is 16.7. The molecule has 0 spiro atoms. The van der Waals surface area contributed by atoms with Crippen LogP contribution in [0.3, 0.4) is 0 Å². The highest BCUT2D eigenvalue weighted by Gasteiger charge is 2.27. The van der Waals surface area contributed by atoms with Gasteiger partial charge in [0.05, 0.1) is 27.1 Å². The topological polar surface area (TPSA) is 111 Å². The molecule has 4 rings (SSSR count). The number of hydrogen-bond acceptors (Lipinski definition) is 7. The van der Waals surface area contributed by atoms with E-state index in [9.17, 15) is 18.5 Å². The molecular weight excluding hydrogens is 386 g/mol. The van der Waals surface area contributed by atoms with Crippen LogP contribution in [-0.2, 0) is 10.0 Å². The Morgan fingerprint density at radius 1 is 1.07 bits per heavy atom. The Morgan fingerprint density at radius 3 is 2.36 bits per heavy atom. The summed E-state index contributed by atoms with van der Waals surface area (Å²) in [4.78, 5) is 15.2. The predicted octanol–water partition coefficient (Wildman–Crippen LogP) is 2.86. The van der Waals surface area contributed by atoms with E-state index in [4.69, 9.17) is 9.47 Å². The number of aliphatic imine (C=N–C) groups is 1. The van der Waals surface area contributed by atoms with Crippen molar-refractivity contribution >= 4 is 27.6 Å².